The van der Waals surface area contributed by atoms with E-state index in [4.69, 9.17) is 29.4 Å². The van der Waals surface area contributed by atoms with Gasteiger partial charge in [-0.1, -0.05) is 0 Å². The van der Waals surface area contributed by atoms with Crippen molar-refractivity contribution in [1.29, 1.82) is 0 Å². The van der Waals surface area contributed by atoms with Gasteiger partial charge in [0.1, 0.15) is 17.2 Å². The van der Waals surface area contributed by atoms with Crippen molar-refractivity contribution in [2.45, 2.75) is 78.0 Å². The van der Waals surface area contributed by atoms with Crippen LogP contribution in [0.1, 0.15) is 60.8 Å². The van der Waals surface area contributed by atoms with Gasteiger partial charge >= 0.3 is 12.2 Å². The number of rotatable bonds is 18. The first-order valence-corrected chi connectivity index (χ1v) is 12.5. The monoisotopic (exact) mass is 520 g/mol. The van der Waals surface area contributed by atoms with E-state index in [0.717, 1.165) is 0 Å². The van der Waals surface area contributed by atoms with Crippen LogP contribution in [0.15, 0.2) is 0 Å². The minimum atomic E-state index is -0.779. The normalized spacial score (nSPS) is 12.5. The van der Waals surface area contributed by atoms with Gasteiger partial charge in [0.05, 0.1) is 39.6 Å². The van der Waals surface area contributed by atoms with Gasteiger partial charge in [0.15, 0.2) is 0 Å². The maximum absolute atomic E-state index is 12.7. The lowest BCUT2D eigenvalue weighted by Gasteiger charge is -2.23. The molecule has 0 unspecified atom stereocenters. The second kappa shape index (κ2) is 19.0. The first-order valence-electron chi connectivity index (χ1n) is 12.5. The predicted molar refractivity (Wildman–Crippen MR) is 136 cm³/mol. The van der Waals surface area contributed by atoms with Crippen LogP contribution >= 0.6 is 0 Å². The number of alkyl carbamates (subject to hydrolysis) is 2. The summed E-state index contributed by atoms with van der Waals surface area (Å²) in [5.74, 6) is -0.335. The minimum absolute atomic E-state index is 0.283. The smallest absolute Gasteiger partial charge is 0.408 e. The number of amides is 3. The molecule has 0 bridgehead atoms. The molecule has 12 heteroatoms. The Hall–Kier alpha value is -2.15. The van der Waals surface area contributed by atoms with E-state index in [2.05, 4.69) is 16.0 Å². The fraction of sp³-hybridized carbons (Fsp3) is 0.875. The van der Waals surface area contributed by atoms with E-state index in [9.17, 15) is 14.4 Å². The van der Waals surface area contributed by atoms with Gasteiger partial charge in [-0.3, -0.25) is 4.79 Å². The average molecular weight is 521 g/mol. The number of nitrogens with two attached hydrogens (primary N) is 1. The Labute approximate surface area is 215 Å². The van der Waals surface area contributed by atoms with Gasteiger partial charge in [0.25, 0.3) is 0 Å². The highest BCUT2D eigenvalue weighted by Gasteiger charge is 2.24. The third-order valence-corrected chi connectivity index (χ3v) is 4.15. The first-order chi connectivity index (χ1) is 16.8. The fourth-order valence-corrected chi connectivity index (χ4v) is 2.69. The standard InChI is InChI=1S/C24H48N4O8/c1-23(2,3)35-21(30)27-11-8-7-9-19(28-22(31)36-24(4,5)6)20(29)26-12-14-33-16-18-34-17-15-32-13-10-25/h19H,7-18,25H2,1-6H3,(H,26,29)(H,27,30)(H,28,31)/t19-/m0/s1. The lowest BCUT2D eigenvalue weighted by atomic mass is 10.1. The quantitative estimate of drug-likeness (QED) is 0.197. The molecular formula is C24H48N4O8. The molecule has 0 saturated carbocycles. The van der Waals surface area contributed by atoms with E-state index in [1.165, 1.54) is 0 Å². The van der Waals surface area contributed by atoms with E-state index in [0.29, 0.717) is 72.0 Å². The Balaban J connectivity index is 4.33. The van der Waals surface area contributed by atoms with Crippen LogP contribution in [0.25, 0.3) is 0 Å². The van der Waals surface area contributed by atoms with Gasteiger partial charge in [-0.05, 0) is 60.8 Å². The third-order valence-electron chi connectivity index (χ3n) is 4.15. The lowest BCUT2D eigenvalue weighted by Crippen LogP contribution is -2.48. The average Bonchev–Trinajstić information content (AvgIpc) is 2.73. The zero-order valence-corrected chi connectivity index (χ0v) is 22.9. The van der Waals surface area contributed by atoms with E-state index in [1.807, 2.05) is 0 Å². The molecule has 0 rings (SSSR count). The van der Waals surface area contributed by atoms with Crippen molar-refractivity contribution in [3.8, 4) is 0 Å². The second-order valence-electron chi connectivity index (χ2n) is 10.0. The highest BCUT2D eigenvalue weighted by Crippen LogP contribution is 2.09. The molecule has 3 amide bonds. The predicted octanol–water partition coefficient (Wildman–Crippen LogP) is 1.70. The molecule has 0 heterocycles. The van der Waals surface area contributed by atoms with Gasteiger partial charge in [-0.25, -0.2) is 9.59 Å². The molecule has 0 aromatic carbocycles. The number of hydrogen-bond donors (Lipinski definition) is 4. The summed E-state index contributed by atoms with van der Waals surface area (Å²) in [7, 11) is 0. The van der Waals surface area contributed by atoms with Gasteiger partial charge in [-0.2, -0.15) is 0 Å². The first kappa shape index (κ1) is 33.8. The molecule has 0 aromatic rings. The molecule has 36 heavy (non-hydrogen) atoms. The summed E-state index contributed by atoms with van der Waals surface area (Å²) in [4.78, 5) is 36.6. The summed E-state index contributed by atoms with van der Waals surface area (Å²) in [6.07, 6.45) is 0.417. The Kier molecular flexibility index (Phi) is 17.9. The van der Waals surface area contributed by atoms with Gasteiger partial charge in [0.2, 0.25) is 5.91 Å². The van der Waals surface area contributed by atoms with Crippen LogP contribution in [0.4, 0.5) is 9.59 Å². The Morgan fingerprint density at radius 2 is 1.22 bits per heavy atom. The topological polar surface area (TPSA) is 159 Å². The highest BCUT2D eigenvalue weighted by molar-refractivity contribution is 5.85. The lowest BCUT2D eigenvalue weighted by molar-refractivity contribution is -0.123. The van der Waals surface area contributed by atoms with E-state index in [1.54, 1.807) is 41.5 Å². The maximum Gasteiger partial charge on any atom is 0.408 e. The van der Waals surface area contributed by atoms with Crippen molar-refractivity contribution < 1.29 is 38.1 Å². The molecule has 0 radical (unpaired) electrons. The molecular weight excluding hydrogens is 472 g/mol. The number of carbonyl (C=O) groups excluding carboxylic acids is 3. The van der Waals surface area contributed by atoms with Crippen molar-refractivity contribution in [1.82, 2.24) is 16.0 Å². The van der Waals surface area contributed by atoms with Crippen LogP contribution in [-0.2, 0) is 28.5 Å². The second-order valence-corrected chi connectivity index (χ2v) is 10.0. The summed E-state index contributed by atoms with van der Waals surface area (Å²) in [5.41, 5.74) is 4.07. The third kappa shape index (κ3) is 22.3. The van der Waals surface area contributed by atoms with Gasteiger partial charge in [0, 0.05) is 19.6 Å². The molecule has 1 atom stereocenters. The van der Waals surface area contributed by atoms with Crippen molar-refractivity contribution >= 4 is 18.1 Å². The molecule has 12 nitrogen and oxygen atoms in total. The maximum atomic E-state index is 12.7. The van der Waals surface area contributed by atoms with Gasteiger partial charge < -0.3 is 45.4 Å². The van der Waals surface area contributed by atoms with E-state index < -0.39 is 29.4 Å². The molecule has 0 aliphatic carbocycles. The molecule has 5 N–H and O–H groups in total. The van der Waals surface area contributed by atoms with Crippen molar-refractivity contribution in [3.63, 3.8) is 0 Å². The van der Waals surface area contributed by atoms with Crippen LogP contribution in [0.3, 0.4) is 0 Å². The summed E-state index contributed by atoms with van der Waals surface area (Å²) in [6, 6.07) is -0.779. The number of carbonyl (C=O) groups is 3. The van der Waals surface area contributed by atoms with Crippen LogP contribution in [-0.4, -0.2) is 94.6 Å². The molecule has 0 saturated heterocycles. The summed E-state index contributed by atoms with van der Waals surface area (Å²) in [6.45, 7) is 14.3. The Bertz CT molecular complexity index is 620. The van der Waals surface area contributed by atoms with Crippen molar-refractivity contribution in [2.24, 2.45) is 5.73 Å². The molecule has 0 spiro atoms. The number of ether oxygens (including phenoxy) is 5. The van der Waals surface area contributed by atoms with Crippen LogP contribution in [0, 0.1) is 0 Å². The van der Waals surface area contributed by atoms with Crippen molar-refractivity contribution in [3.05, 3.63) is 0 Å². The van der Waals surface area contributed by atoms with Crippen LogP contribution < -0.4 is 21.7 Å². The number of nitrogens with one attached hydrogen (secondary N) is 3. The Morgan fingerprint density at radius 1 is 0.694 bits per heavy atom. The fourth-order valence-electron chi connectivity index (χ4n) is 2.69. The summed E-state index contributed by atoms with van der Waals surface area (Å²) in [5, 5.41) is 8.07. The Morgan fingerprint density at radius 3 is 1.78 bits per heavy atom. The van der Waals surface area contributed by atoms with E-state index in [-0.39, 0.29) is 12.5 Å². The molecule has 0 fully saturated rings. The number of unbranched alkanes of at least 4 members (excludes halogenated alkanes) is 1. The van der Waals surface area contributed by atoms with Gasteiger partial charge in [-0.15, -0.1) is 0 Å². The molecule has 0 aliphatic heterocycles. The zero-order chi connectivity index (χ0) is 27.5. The molecule has 0 aliphatic rings. The number of hydrogen-bond acceptors (Lipinski definition) is 9. The zero-order valence-electron chi connectivity index (χ0n) is 22.9. The molecule has 0 aromatic heterocycles. The summed E-state index contributed by atoms with van der Waals surface area (Å²) >= 11 is 0. The molecule has 212 valence electrons. The summed E-state index contributed by atoms with van der Waals surface area (Å²) < 4.78 is 26.5. The van der Waals surface area contributed by atoms with E-state index >= 15 is 0 Å². The minimum Gasteiger partial charge on any atom is -0.444 e. The SMILES string of the molecule is CC(C)(C)OC(=O)NCCCC[C@H](NC(=O)OC(C)(C)C)C(=O)NCCOCCOCCOCCN. The van der Waals surface area contributed by atoms with Crippen molar-refractivity contribution in [2.75, 3.05) is 59.3 Å². The van der Waals surface area contributed by atoms with Crippen LogP contribution in [0.5, 0.6) is 0 Å². The highest BCUT2D eigenvalue weighted by atomic mass is 16.6. The van der Waals surface area contributed by atoms with Crippen LogP contribution in [0.2, 0.25) is 0 Å². The largest absolute Gasteiger partial charge is 0.444 e.